The molecule has 1 aromatic carbocycles. The Morgan fingerprint density at radius 2 is 1.91 bits per heavy atom. The second-order valence-electron chi connectivity index (χ2n) is 6.63. The summed E-state index contributed by atoms with van der Waals surface area (Å²) in [4.78, 5) is 5.24. The van der Waals surface area contributed by atoms with Crippen LogP contribution in [0, 0.1) is 6.92 Å². The monoisotopic (exact) mass is 303 g/mol. The normalized spacial score (nSPS) is 26.0. The summed E-state index contributed by atoms with van der Waals surface area (Å²) >= 11 is 0. The van der Waals surface area contributed by atoms with E-state index in [9.17, 15) is 0 Å². The van der Waals surface area contributed by atoms with Crippen molar-refractivity contribution >= 4 is 0 Å². The van der Waals surface area contributed by atoms with Crippen LogP contribution in [0.4, 0.5) is 0 Å². The zero-order valence-electron chi connectivity index (χ0n) is 13.9. The van der Waals surface area contributed by atoms with Crippen molar-refractivity contribution in [2.75, 3.05) is 52.5 Å². The maximum atomic E-state index is 5.50. The van der Waals surface area contributed by atoms with Gasteiger partial charge in [0, 0.05) is 51.4 Å². The van der Waals surface area contributed by atoms with Crippen LogP contribution >= 0.6 is 0 Å². The third kappa shape index (κ3) is 3.87. The first-order valence-electron chi connectivity index (χ1n) is 8.57. The number of benzene rings is 1. The summed E-state index contributed by atoms with van der Waals surface area (Å²) in [7, 11) is 0. The summed E-state index contributed by atoms with van der Waals surface area (Å²) in [5.74, 6) is 0. The number of hydrogen-bond donors (Lipinski definition) is 1. The molecular formula is C18H29N3O. The van der Waals surface area contributed by atoms with Crippen LogP contribution < -0.4 is 5.32 Å². The molecular weight excluding hydrogens is 274 g/mol. The minimum Gasteiger partial charge on any atom is -0.379 e. The molecule has 1 N–H and O–H groups in total. The predicted octanol–water partition coefficient (Wildman–Crippen LogP) is 1.66. The van der Waals surface area contributed by atoms with E-state index in [1.165, 1.54) is 11.1 Å². The van der Waals surface area contributed by atoms with Crippen molar-refractivity contribution < 1.29 is 4.74 Å². The molecule has 0 aliphatic carbocycles. The molecule has 2 atom stereocenters. The first-order valence-corrected chi connectivity index (χ1v) is 8.57. The van der Waals surface area contributed by atoms with Gasteiger partial charge in [-0.25, -0.2) is 0 Å². The summed E-state index contributed by atoms with van der Waals surface area (Å²) in [6.07, 6.45) is 0. The highest BCUT2D eigenvalue weighted by Gasteiger charge is 2.29. The van der Waals surface area contributed by atoms with Crippen LogP contribution in [0.2, 0.25) is 0 Å². The standard InChI is InChI=1S/C18H29N3O/c1-15-3-5-17(6-4-15)18(14-20-9-11-22-12-10-20)21-8-7-19-13-16(21)2/h3-6,16,18-19H,7-14H2,1-2H3. The van der Waals surface area contributed by atoms with Gasteiger partial charge in [0.15, 0.2) is 0 Å². The van der Waals surface area contributed by atoms with Crippen LogP contribution in [0.15, 0.2) is 24.3 Å². The maximum Gasteiger partial charge on any atom is 0.0594 e. The molecule has 1 aromatic rings. The van der Waals surface area contributed by atoms with Crippen LogP contribution in [0.1, 0.15) is 24.1 Å². The molecule has 2 aliphatic rings. The Morgan fingerprint density at radius 1 is 1.18 bits per heavy atom. The lowest BCUT2D eigenvalue weighted by atomic mass is 10.00. The van der Waals surface area contributed by atoms with Gasteiger partial charge in [-0.3, -0.25) is 9.80 Å². The van der Waals surface area contributed by atoms with Gasteiger partial charge in [0.1, 0.15) is 0 Å². The molecule has 2 heterocycles. The van der Waals surface area contributed by atoms with Gasteiger partial charge >= 0.3 is 0 Å². The first kappa shape index (κ1) is 15.9. The Bertz CT molecular complexity index is 456. The molecule has 4 heteroatoms. The Labute approximate surface area is 134 Å². The van der Waals surface area contributed by atoms with E-state index < -0.39 is 0 Å². The molecule has 0 bridgehead atoms. The Kier molecular flexibility index (Phi) is 5.47. The Morgan fingerprint density at radius 3 is 2.59 bits per heavy atom. The molecule has 0 saturated carbocycles. The molecule has 0 spiro atoms. The quantitative estimate of drug-likeness (QED) is 0.915. The minimum absolute atomic E-state index is 0.482. The number of nitrogens with one attached hydrogen (secondary N) is 1. The zero-order chi connectivity index (χ0) is 15.4. The van der Waals surface area contributed by atoms with Crippen molar-refractivity contribution in [2.24, 2.45) is 0 Å². The average molecular weight is 303 g/mol. The molecule has 2 saturated heterocycles. The van der Waals surface area contributed by atoms with Crippen molar-refractivity contribution in [1.82, 2.24) is 15.1 Å². The molecule has 0 amide bonds. The zero-order valence-corrected chi connectivity index (χ0v) is 13.9. The third-order valence-electron chi connectivity index (χ3n) is 4.95. The van der Waals surface area contributed by atoms with Crippen LogP contribution in [-0.4, -0.2) is 68.3 Å². The van der Waals surface area contributed by atoms with E-state index >= 15 is 0 Å². The topological polar surface area (TPSA) is 27.7 Å². The maximum absolute atomic E-state index is 5.50. The number of hydrogen-bond acceptors (Lipinski definition) is 4. The summed E-state index contributed by atoms with van der Waals surface area (Å²) < 4.78 is 5.50. The Hall–Kier alpha value is -0.940. The van der Waals surface area contributed by atoms with Crippen LogP contribution in [0.3, 0.4) is 0 Å². The number of aryl methyl sites for hydroxylation is 1. The van der Waals surface area contributed by atoms with Gasteiger partial charge in [-0.05, 0) is 19.4 Å². The first-order chi connectivity index (χ1) is 10.7. The van der Waals surface area contributed by atoms with Gasteiger partial charge in [-0.1, -0.05) is 29.8 Å². The van der Waals surface area contributed by atoms with E-state index in [4.69, 9.17) is 4.74 Å². The van der Waals surface area contributed by atoms with Crippen LogP contribution in [-0.2, 0) is 4.74 Å². The molecule has 4 nitrogen and oxygen atoms in total. The van der Waals surface area contributed by atoms with Gasteiger partial charge in [0.2, 0.25) is 0 Å². The average Bonchev–Trinajstić information content (AvgIpc) is 2.55. The minimum atomic E-state index is 0.482. The molecule has 3 rings (SSSR count). The van der Waals surface area contributed by atoms with Crippen molar-refractivity contribution in [3.63, 3.8) is 0 Å². The summed E-state index contributed by atoms with van der Waals surface area (Å²) in [6.45, 7) is 12.8. The summed E-state index contributed by atoms with van der Waals surface area (Å²) in [5.41, 5.74) is 2.79. The van der Waals surface area contributed by atoms with Gasteiger partial charge in [-0.2, -0.15) is 0 Å². The smallest absolute Gasteiger partial charge is 0.0594 e. The lowest BCUT2D eigenvalue weighted by Crippen LogP contribution is -2.53. The van der Waals surface area contributed by atoms with Crippen molar-refractivity contribution in [3.8, 4) is 0 Å². The van der Waals surface area contributed by atoms with Gasteiger partial charge in [0.05, 0.1) is 13.2 Å². The predicted molar refractivity (Wildman–Crippen MR) is 90.2 cm³/mol. The van der Waals surface area contributed by atoms with Gasteiger partial charge < -0.3 is 10.1 Å². The second kappa shape index (κ2) is 7.55. The fraction of sp³-hybridized carbons (Fsp3) is 0.667. The van der Waals surface area contributed by atoms with Gasteiger partial charge in [0.25, 0.3) is 0 Å². The molecule has 0 aromatic heterocycles. The molecule has 2 unspecified atom stereocenters. The number of morpholine rings is 1. The summed E-state index contributed by atoms with van der Waals surface area (Å²) in [5, 5.41) is 3.51. The number of nitrogens with zero attached hydrogens (tertiary/aromatic N) is 2. The number of piperazine rings is 1. The van der Waals surface area contributed by atoms with Crippen LogP contribution in [0.5, 0.6) is 0 Å². The molecule has 2 fully saturated rings. The van der Waals surface area contributed by atoms with Gasteiger partial charge in [-0.15, -0.1) is 0 Å². The lowest BCUT2D eigenvalue weighted by molar-refractivity contribution is 0.0138. The van der Waals surface area contributed by atoms with Crippen molar-refractivity contribution in [3.05, 3.63) is 35.4 Å². The molecule has 0 radical (unpaired) electrons. The fourth-order valence-corrected chi connectivity index (χ4v) is 3.54. The SMILES string of the molecule is Cc1ccc(C(CN2CCOCC2)N2CCNCC2C)cc1. The van der Waals surface area contributed by atoms with E-state index in [-0.39, 0.29) is 0 Å². The van der Waals surface area contributed by atoms with E-state index in [2.05, 4.69) is 53.2 Å². The molecule has 2 aliphatic heterocycles. The largest absolute Gasteiger partial charge is 0.379 e. The van der Waals surface area contributed by atoms with Crippen molar-refractivity contribution in [1.29, 1.82) is 0 Å². The molecule has 122 valence electrons. The van der Waals surface area contributed by atoms with E-state index in [0.717, 1.165) is 52.5 Å². The highest BCUT2D eigenvalue weighted by atomic mass is 16.5. The van der Waals surface area contributed by atoms with E-state index in [0.29, 0.717) is 12.1 Å². The third-order valence-corrected chi connectivity index (χ3v) is 4.95. The Balaban J connectivity index is 1.78. The van der Waals surface area contributed by atoms with Crippen LogP contribution in [0.25, 0.3) is 0 Å². The van der Waals surface area contributed by atoms with Crippen molar-refractivity contribution in [2.45, 2.75) is 25.9 Å². The second-order valence-corrected chi connectivity index (χ2v) is 6.63. The highest BCUT2D eigenvalue weighted by molar-refractivity contribution is 5.25. The summed E-state index contributed by atoms with van der Waals surface area (Å²) in [6, 6.07) is 10.2. The van der Waals surface area contributed by atoms with E-state index in [1.54, 1.807) is 0 Å². The number of ether oxygens (including phenoxy) is 1. The lowest BCUT2D eigenvalue weighted by Gasteiger charge is -2.42. The van der Waals surface area contributed by atoms with E-state index in [1.807, 2.05) is 0 Å². The highest BCUT2D eigenvalue weighted by Crippen LogP contribution is 2.26. The number of rotatable bonds is 4. The fourth-order valence-electron chi connectivity index (χ4n) is 3.54. The molecule has 22 heavy (non-hydrogen) atoms.